The highest BCUT2D eigenvalue weighted by Crippen LogP contribution is 2.38. The Morgan fingerprint density at radius 2 is 2.00 bits per heavy atom. The number of rotatable bonds is 5. The summed E-state index contributed by atoms with van der Waals surface area (Å²) in [4.78, 5) is 22.5. The molecule has 1 saturated carbocycles. The quantitative estimate of drug-likeness (QED) is 0.874. The molecule has 1 aliphatic rings. The maximum atomic E-state index is 11.8. The molecule has 1 fully saturated rings. The van der Waals surface area contributed by atoms with Crippen LogP contribution in [0.15, 0.2) is 30.3 Å². The lowest BCUT2D eigenvalue weighted by Crippen LogP contribution is -2.25. The number of nitrogens with one attached hydrogen (secondary N) is 1. The Balaban J connectivity index is 1.56. The van der Waals surface area contributed by atoms with E-state index in [0.29, 0.717) is 11.4 Å². The van der Waals surface area contributed by atoms with Crippen LogP contribution in [0.5, 0.6) is 0 Å². The van der Waals surface area contributed by atoms with Gasteiger partial charge in [0.25, 0.3) is 0 Å². The van der Waals surface area contributed by atoms with Gasteiger partial charge < -0.3 is 10.4 Å². The Labute approximate surface area is 124 Å². The van der Waals surface area contributed by atoms with Gasteiger partial charge in [0, 0.05) is 5.56 Å². The predicted octanol–water partition coefficient (Wildman–Crippen LogP) is 1.54. The third-order valence-electron chi connectivity index (χ3n) is 3.35. The molecule has 0 saturated heterocycles. The van der Waals surface area contributed by atoms with E-state index in [1.807, 2.05) is 30.3 Å². The molecule has 1 aromatic carbocycles. The molecule has 1 aromatic heterocycles. The van der Waals surface area contributed by atoms with E-state index in [1.54, 1.807) is 0 Å². The van der Waals surface area contributed by atoms with Gasteiger partial charge in [-0.05, 0) is 6.42 Å². The summed E-state index contributed by atoms with van der Waals surface area (Å²) in [6.45, 7) is 0.284. The van der Waals surface area contributed by atoms with E-state index >= 15 is 0 Å². The fourth-order valence-electron chi connectivity index (χ4n) is 2.07. The number of carboxylic acid groups (broad SMARTS) is 1. The van der Waals surface area contributed by atoms with Crippen LogP contribution >= 0.6 is 11.3 Å². The van der Waals surface area contributed by atoms with Crippen LogP contribution in [0, 0.1) is 11.8 Å². The summed E-state index contributed by atoms with van der Waals surface area (Å²) in [5, 5.41) is 21.1. The van der Waals surface area contributed by atoms with Crippen LogP contribution in [0.1, 0.15) is 11.4 Å². The monoisotopic (exact) mass is 303 g/mol. The first kappa shape index (κ1) is 13.7. The number of amides is 1. The van der Waals surface area contributed by atoms with Crippen molar-refractivity contribution in [3.05, 3.63) is 35.3 Å². The van der Waals surface area contributed by atoms with Crippen LogP contribution in [-0.2, 0) is 16.1 Å². The maximum absolute atomic E-state index is 11.8. The molecule has 0 bridgehead atoms. The first-order valence-corrected chi connectivity index (χ1v) is 7.35. The van der Waals surface area contributed by atoms with E-state index < -0.39 is 17.8 Å². The minimum Gasteiger partial charge on any atom is -0.481 e. The third kappa shape index (κ3) is 3.08. The van der Waals surface area contributed by atoms with Crippen molar-refractivity contribution in [2.24, 2.45) is 11.8 Å². The zero-order valence-electron chi connectivity index (χ0n) is 11.0. The van der Waals surface area contributed by atoms with E-state index in [2.05, 4.69) is 15.5 Å². The fourth-order valence-corrected chi connectivity index (χ4v) is 2.86. The van der Waals surface area contributed by atoms with E-state index in [0.717, 1.165) is 10.6 Å². The Morgan fingerprint density at radius 3 is 2.67 bits per heavy atom. The second kappa shape index (κ2) is 5.61. The first-order valence-electron chi connectivity index (χ1n) is 6.53. The Bertz CT molecular complexity index is 671. The zero-order valence-corrected chi connectivity index (χ0v) is 11.8. The lowest BCUT2D eigenvalue weighted by atomic mass is 10.2. The number of nitrogens with zero attached hydrogens (tertiary/aromatic N) is 2. The molecule has 0 radical (unpaired) electrons. The second-order valence-corrected chi connectivity index (χ2v) is 5.93. The zero-order chi connectivity index (χ0) is 14.8. The number of carbonyl (C=O) groups excluding carboxylic acids is 1. The number of hydrogen-bond donors (Lipinski definition) is 2. The molecule has 0 spiro atoms. The Kier molecular flexibility index (Phi) is 3.66. The molecule has 0 unspecified atom stereocenters. The largest absolute Gasteiger partial charge is 0.481 e. The summed E-state index contributed by atoms with van der Waals surface area (Å²) in [5.74, 6) is -2.06. The molecule has 7 heteroatoms. The van der Waals surface area contributed by atoms with Crippen LogP contribution in [-0.4, -0.2) is 27.2 Å². The highest BCUT2D eigenvalue weighted by atomic mass is 32.1. The van der Waals surface area contributed by atoms with Crippen molar-refractivity contribution in [3.63, 3.8) is 0 Å². The molecule has 3 rings (SSSR count). The molecule has 2 atom stereocenters. The Morgan fingerprint density at radius 1 is 1.24 bits per heavy atom. The van der Waals surface area contributed by atoms with Gasteiger partial charge in [0.15, 0.2) is 0 Å². The lowest BCUT2D eigenvalue weighted by Gasteiger charge is -2.00. The molecule has 6 nitrogen and oxygen atoms in total. The van der Waals surface area contributed by atoms with Gasteiger partial charge >= 0.3 is 5.97 Å². The van der Waals surface area contributed by atoms with Gasteiger partial charge in [-0.25, -0.2) is 0 Å². The van der Waals surface area contributed by atoms with Crippen molar-refractivity contribution in [2.45, 2.75) is 13.0 Å². The van der Waals surface area contributed by atoms with E-state index in [1.165, 1.54) is 11.3 Å². The number of aliphatic carboxylic acids is 1. The predicted molar refractivity (Wildman–Crippen MR) is 76.4 cm³/mol. The highest BCUT2D eigenvalue weighted by Gasteiger charge is 2.48. The molecule has 1 amide bonds. The van der Waals surface area contributed by atoms with Crippen LogP contribution in [0.2, 0.25) is 0 Å². The molecule has 1 aliphatic carbocycles. The van der Waals surface area contributed by atoms with Crippen LogP contribution in [0.25, 0.3) is 10.6 Å². The van der Waals surface area contributed by atoms with E-state index in [4.69, 9.17) is 5.11 Å². The molecule has 2 N–H and O–H groups in total. The van der Waals surface area contributed by atoms with Crippen molar-refractivity contribution in [1.82, 2.24) is 15.5 Å². The van der Waals surface area contributed by atoms with Gasteiger partial charge in [-0.15, -0.1) is 10.2 Å². The summed E-state index contributed by atoms with van der Waals surface area (Å²) in [7, 11) is 0. The third-order valence-corrected chi connectivity index (χ3v) is 4.32. The van der Waals surface area contributed by atoms with Crippen molar-refractivity contribution in [1.29, 1.82) is 0 Å². The second-order valence-electron chi connectivity index (χ2n) is 4.87. The standard InChI is InChI=1S/C14H13N3O3S/c18-12(9-6-10(9)14(19)20)15-7-11-16-17-13(21-11)8-4-2-1-3-5-8/h1-5,9-10H,6-7H2,(H,15,18)(H,19,20)/t9-,10+/m1/s1. The molecule has 1 heterocycles. The Hall–Kier alpha value is -2.28. The normalized spacial score (nSPS) is 20.0. The first-order chi connectivity index (χ1) is 10.1. The molecule has 108 valence electrons. The molecule has 0 aliphatic heterocycles. The van der Waals surface area contributed by atoms with Gasteiger partial charge in [-0.1, -0.05) is 41.7 Å². The maximum Gasteiger partial charge on any atom is 0.307 e. The van der Waals surface area contributed by atoms with Crippen LogP contribution < -0.4 is 5.32 Å². The van der Waals surface area contributed by atoms with Crippen LogP contribution in [0.4, 0.5) is 0 Å². The lowest BCUT2D eigenvalue weighted by molar-refractivity contribution is -0.140. The van der Waals surface area contributed by atoms with E-state index in [9.17, 15) is 9.59 Å². The van der Waals surface area contributed by atoms with Crippen molar-refractivity contribution in [3.8, 4) is 10.6 Å². The average Bonchev–Trinajstić information content (AvgIpc) is 3.17. The summed E-state index contributed by atoms with van der Waals surface area (Å²) in [6, 6.07) is 9.68. The van der Waals surface area contributed by atoms with Crippen molar-refractivity contribution in [2.75, 3.05) is 0 Å². The van der Waals surface area contributed by atoms with Crippen molar-refractivity contribution >= 4 is 23.2 Å². The number of benzene rings is 1. The summed E-state index contributed by atoms with van der Waals surface area (Å²) in [5.41, 5.74) is 0.987. The summed E-state index contributed by atoms with van der Waals surface area (Å²) >= 11 is 1.41. The average molecular weight is 303 g/mol. The van der Waals surface area contributed by atoms with Gasteiger partial charge in [0.1, 0.15) is 10.0 Å². The van der Waals surface area contributed by atoms with Gasteiger partial charge in [-0.3, -0.25) is 9.59 Å². The number of aromatic nitrogens is 2. The smallest absolute Gasteiger partial charge is 0.307 e. The van der Waals surface area contributed by atoms with Gasteiger partial charge in [-0.2, -0.15) is 0 Å². The number of hydrogen-bond acceptors (Lipinski definition) is 5. The minimum absolute atomic E-state index is 0.223. The van der Waals surface area contributed by atoms with Gasteiger partial charge in [0.2, 0.25) is 5.91 Å². The van der Waals surface area contributed by atoms with Crippen LogP contribution in [0.3, 0.4) is 0 Å². The molecule has 21 heavy (non-hydrogen) atoms. The molecular formula is C14H13N3O3S. The van der Waals surface area contributed by atoms with Gasteiger partial charge in [0.05, 0.1) is 18.4 Å². The highest BCUT2D eigenvalue weighted by molar-refractivity contribution is 7.14. The minimum atomic E-state index is -0.905. The SMILES string of the molecule is O=C(O)[C@H]1C[C@H]1C(=O)NCc1nnc(-c2ccccc2)s1. The summed E-state index contributed by atoms with van der Waals surface area (Å²) < 4.78 is 0. The summed E-state index contributed by atoms with van der Waals surface area (Å²) in [6.07, 6.45) is 0.423. The van der Waals surface area contributed by atoms with Crippen molar-refractivity contribution < 1.29 is 14.7 Å². The number of carboxylic acids is 1. The van der Waals surface area contributed by atoms with E-state index in [-0.39, 0.29) is 12.5 Å². The number of carbonyl (C=O) groups is 2. The fraction of sp³-hybridized carbons (Fsp3) is 0.286. The molecular weight excluding hydrogens is 290 g/mol. The molecule has 2 aromatic rings. The topological polar surface area (TPSA) is 92.2 Å².